The quantitative estimate of drug-likeness (QED) is 0.904. The molecule has 1 heterocycles. The molecule has 1 aromatic carbocycles. The van der Waals surface area contributed by atoms with Gasteiger partial charge in [0.25, 0.3) is 0 Å². The topological polar surface area (TPSA) is 50.4 Å². The standard InChI is InChI=1S/C14H13FO3/c1-14(13(16)17,9-12-3-2-8-18-12)10-4-6-11(15)7-5-10/h2-8H,9H2,1H3,(H,16,17). The lowest BCUT2D eigenvalue weighted by Crippen LogP contribution is -2.34. The van der Waals surface area contributed by atoms with E-state index in [0.29, 0.717) is 11.3 Å². The highest BCUT2D eigenvalue weighted by molar-refractivity contribution is 5.81. The van der Waals surface area contributed by atoms with Gasteiger partial charge in [0.15, 0.2) is 0 Å². The summed E-state index contributed by atoms with van der Waals surface area (Å²) in [6.07, 6.45) is 1.73. The van der Waals surface area contributed by atoms with E-state index in [2.05, 4.69) is 0 Å². The molecule has 18 heavy (non-hydrogen) atoms. The van der Waals surface area contributed by atoms with Crippen molar-refractivity contribution in [2.45, 2.75) is 18.8 Å². The smallest absolute Gasteiger partial charge is 0.314 e. The maximum atomic E-state index is 12.9. The molecular formula is C14H13FO3. The van der Waals surface area contributed by atoms with Crippen LogP contribution in [-0.4, -0.2) is 11.1 Å². The van der Waals surface area contributed by atoms with E-state index in [1.54, 1.807) is 19.1 Å². The summed E-state index contributed by atoms with van der Waals surface area (Å²) >= 11 is 0. The Morgan fingerprint density at radius 1 is 1.33 bits per heavy atom. The van der Waals surface area contributed by atoms with Crippen molar-refractivity contribution in [2.75, 3.05) is 0 Å². The fraction of sp³-hybridized carbons (Fsp3) is 0.214. The number of carbonyl (C=O) groups is 1. The van der Waals surface area contributed by atoms with Crippen molar-refractivity contribution in [3.63, 3.8) is 0 Å². The number of halogens is 1. The lowest BCUT2D eigenvalue weighted by molar-refractivity contribution is -0.143. The van der Waals surface area contributed by atoms with Crippen molar-refractivity contribution < 1.29 is 18.7 Å². The van der Waals surface area contributed by atoms with Gasteiger partial charge in [-0.2, -0.15) is 0 Å². The Kier molecular flexibility index (Phi) is 3.19. The van der Waals surface area contributed by atoms with Gasteiger partial charge >= 0.3 is 5.97 Å². The van der Waals surface area contributed by atoms with Crippen LogP contribution in [-0.2, 0) is 16.6 Å². The predicted molar refractivity (Wildman–Crippen MR) is 63.8 cm³/mol. The van der Waals surface area contributed by atoms with Crippen LogP contribution in [0.15, 0.2) is 47.1 Å². The zero-order valence-electron chi connectivity index (χ0n) is 9.89. The van der Waals surface area contributed by atoms with Crippen molar-refractivity contribution in [3.05, 3.63) is 59.8 Å². The van der Waals surface area contributed by atoms with E-state index < -0.39 is 11.4 Å². The van der Waals surface area contributed by atoms with Crippen LogP contribution in [0.25, 0.3) is 0 Å². The third kappa shape index (κ3) is 2.27. The summed E-state index contributed by atoms with van der Waals surface area (Å²) in [5.41, 5.74) is -0.584. The van der Waals surface area contributed by atoms with Crippen molar-refractivity contribution in [2.24, 2.45) is 0 Å². The number of carboxylic acid groups (broad SMARTS) is 1. The van der Waals surface area contributed by atoms with Crippen LogP contribution in [0.5, 0.6) is 0 Å². The van der Waals surface area contributed by atoms with Crippen molar-refractivity contribution in [3.8, 4) is 0 Å². The molecule has 4 heteroatoms. The Morgan fingerprint density at radius 2 is 2.00 bits per heavy atom. The maximum Gasteiger partial charge on any atom is 0.314 e. The summed E-state index contributed by atoms with van der Waals surface area (Å²) in [7, 11) is 0. The molecule has 1 N–H and O–H groups in total. The number of carboxylic acids is 1. The molecular weight excluding hydrogens is 235 g/mol. The molecule has 1 atom stereocenters. The third-order valence-corrected chi connectivity index (χ3v) is 3.06. The number of furan rings is 1. The van der Waals surface area contributed by atoms with E-state index in [0.717, 1.165) is 0 Å². The van der Waals surface area contributed by atoms with Crippen LogP contribution in [0, 0.1) is 5.82 Å². The summed E-state index contributed by atoms with van der Waals surface area (Å²) in [5.74, 6) is -0.765. The molecule has 0 aliphatic rings. The lowest BCUT2D eigenvalue weighted by Gasteiger charge is -2.24. The summed E-state index contributed by atoms with van der Waals surface area (Å²) in [4.78, 5) is 11.5. The summed E-state index contributed by atoms with van der Waals surface area (Å²) in [5, 5.41) is 9.42. The Balaban J connectivity index is 2.37. The minimum atomic E-state index is -1.13. The molecule has 0 aliphatic carbocycles. The van der Waals surface area contributed by atoms with Crippen LogP contribution in [0.1, 0.15) is 18.2 Å². The second-order valence-corrected chi connectivity index (χ2v) is 4.40. The van der Waals surface area contributed by atoms with Gasteiger partial charge in [0.1, 0.15) is 11.6 Å². The molecule has 2 aromatic rings. The van der Waals surface area contributed by atoms with Gasteiger partial charge < -0.3 is 9.52 Å². The van der Waals surface area contributed by atoms with Gasteiger partial charge in [-0.05, 0) is 36.8 Å². The highest BCUT2D eigenvalue weighted by Gasteiger charge is 2.36. The molecule has 0 aliphatic heterocycles. The first kappa shape index (κ1) is 12.4. The molecule has 2 rings (SSSR count). The number of rotatable bonds is 4. The molecule has 1 aromatic heterocycles. The van der Waals surface area contributed by atoms with E-state index in [-0.39, 0.29) is 12.2 Å². The molecule has 0 radical (unpaired) electrons. The molecule has 0 amide bonds. The van der Waals surface area contributed by atoms with Crippen LogP contribution in [0.3, 0.4) is 0 Å². The second-order valence-electron chi connectivity index (χ2n) is 4.40. The van der Waals surface area contributed by atoms with E-state index in [4.69, 9.17) is 4.42 Å². The largest absolute Gasteiger partial charge is 0.481 e. The fourth-order valence-corrected chi connectivity index (χ4v) is 1.88. The van der Waals surface area contributed by atoms with Crippen molar-refractivity contribution in [1.82, 2.24) is 0 Å². The Labute approximate surface area is 104 Å². The normalized spacial score (nSPS) is 14.1. The third-order valence-electron chi connectivity index (χ3n) is 3.06. The maximum absolute atomic E-state index is 12.9. The first-order valence-electron chi connectivity index (χ1n) is 5.54. The molecule has 1 unspecified atom stereocenters. The van der Waals surface area contributed by atoms with E-state index >= 15 is 0 Å². The van der Waals surface area contributed by atoms with E-state index in [9.17, 15) is 14.3 Å². The van der Waals surface area contributed by atoms with Crippen LogP contribution < -0.4 is 0 Å². The van der Waals surface area contributed by atoms with Crippen molar-refractivity contribution >= 4 is 5.97 Å². The first-order valence-corrected chi connectivity index (χ1v) is 5.54. The molecule has 0 saturated carbocycles. The minimum absolute atomic E-state index is 0.223. The van der Waals surface area contributed by atoms with Gasteiger partial charge in [-0.25, -0.2) is 4.39 Å². The van der Waals surface area contributed by atoms with E-state index in [1.807, 2.05) is 0 Å². The summed E-state index contributed by atoms with van der Waals surface area (Å²) in [6.45, 7) is 1.60. The lowest BCUT2D eigenvalue weighted by atomic mass is 9.79. The number of hydrogen-bond donors (Lipinski definition) is 1. The second kappa shape index (κ2) is 4.64. The Morgan fingerprint density at radius 3 is 2.50 bits per heavy atom. The van der Waals surface area contributed by atoms with Gasteiger partial charge in [0.05, 0.1) is 11.7 Å². The average Bonchev–Trinajstić information content (AvgIpc) is 2.82. The zero-order valence-corrected chi connectivity index (χ0v) is 9.89. The van der Waals surface area contributed by atoms with E-state index in [1.165, 1.54) is 30.5 Å². The monoisotopic (exact) mass is 248 g/mol. The van der Waals surface area contributed by atoms with Crippen molar-refractivity contribution in [1.29, 1.82) is 0 Å². The predicted octanol–water partition coefficient (Wildman–Crippen LogP) is 3.00. The number of hydrogen-bond acceptors (Lipinski definition) is 2. The van der Waals surface area contributed by atoms with Gasteiger partial charge in [0.2, 0.25) is 0 Å². The summed E-state index contributed by atoms with van der Waals surface area (Å²) < 4.78 is 18.1. The molecule has 0 bridgehead atoms. The zero-order chi connectivity index (χ0) is 13.2. The Hall–Kier alpha value is -2.10. The first-order chi connectivity index (χ1) is 8.52. The summed E-state index contributed by atoms with van der Waals surface area (Å²) in [6, 6.07) is 8.95. The van der Waals surface area contributed by atoms with Gasteiger partial charge in [-0.3, -0.25) is 4.79 Å². The highest BCUT2D eigenvalue weighted by Crippen LogP contribution is 2.29. The Bertz CT molecular complexity index is 531. The molecule has 94 valence electrons. The number of benzene rings is 1. The molecule has 0 fully saturated rings. The minimum Gasteiger partial charge on any atom is -0.481 e. The highest BCUT2D eigenvalue weighted by atomic mass is 19.1. The van der Waals surface area contributed by atoms with Gasteiger partial charge in [-0.15, -0.1) is 0 Å². The molecule has 3 nitrogen and oxygen atoms in total. The van der Waals surface area contributed by atoms with Crippen LogP contribution in [0.4, 0.5) is 4.39 Å². The number of aliphatic carboxylic acids is 1. The van der Waals surface area contributed by atoms with Gasteiger partial charge in [0, 0.05) is 6.42 Å². The average molecular weight is 248 g/mol. The van der Waals surface area contributed by atoms with Crippen LogP contribution >= 0.6 is 0 Å². The SMILES string of the molecule is CC(Cc1ccco1)(C(=O)O)c1ccc(F)cc1. The molecule has 0 saturated heterocycles. The fourth-order valence-electron chi connectivity index (χ4n) is 1.88. The molecule has 0 spiro atoms. The van der Waals surface area contributed by atoms with Crippen LogP contribution in [0.2, 0.25) is 0 Å². The van der Waals surface area contributed by atoms with Gasteiger partial charge in [-0.1, -0.05) is 12.1 Å².